The largest absolute Gasteiger partial charge is 0.463 e. The van der Waals surface area contributed by atoms with Crippen LogP contribution in [-0.4, -0.2) is 70.2 Å². The summed E-state index contributed by atoms with van der Waals surface area (Å²) < 4.78 is 48.1. The molecule has 0 N–H and O–H groups in total. The third kappa shape index (κ3) is 5.25. The summed E-state index contributed by atoms with van der Waals surface area (Å²) in [6.45, 7) is -0.915. The number of hydrogen-bond donors (Lipinski definition) is 0. The molecule has 1 aliphatic rings. The Bertz CT molecular complexity index is 806. The van der Waals surface area contributed by atoms with Crippen LogP contribution in [0.5, 0.6) is 0 Å². The first kappa shape index (κ1) is 17.1. The molecule has 12 nitrogen and oxygen atoms in total. The van der Waals surface area contributed by atoms with Gasteiger partial charge in [0.05, 0.1) is 6.61 Å². The van der Waals surface area contributed by atoms with Crippen LogP contribution in [0.4, 0.5) is 0 Å². The lowest BCUT2D eigenvalue weighted by Crippen LogP contribution is -2.40. The van der Waals surface area contributed by atoms with E-state index < -0.39 is 75.7 Å². The maximum atomic E-state index is 11.8. The summed E-state index contributed by atoms with van der Waals surface area (Å²) in [5.41, 5.74) is 0. The standard InChI is InChI=1S/C16H21N3O9/c1-5-24-16(23)14-17-7-19(18-14)15-13(27-10(4)22)12(26-9(3)21)11(28-15)6-25-8(2)20/h7,11-13,15H,5-6H2,1-4H3/t11-,12-,13-,15?/m1/s1/i2D,3D,4D. The molecule has 28 heavy (non-hydrogen) atoms. The highest BCUT2D eigenvalue weighted by Crippen LogP contribution is 2.34. The maximum absolute atomic E-state index is 11.8. The Morgan fingerprint density at radius 2 is 1.79 bits per heavy atom. The SMILES string of the molecule is [2H]CC(=O)OC[C@H]1OC(n2cnc(C(=O)OCC)n2)[C@H](OC(=O)C[2H])[C@@H]1OC(=O)C[2H]. The fraction of sp³-hybridized carbons (Fsp3) is 0.625. The second-order valence-electron chi connectivity index (χ2n) is 5.43. The van der Waals surface area contributed by atoms with Gasteiger partial charge in [0.2, 0.25) is 0 Å². The van der Waals surface area contributed by atoms with Crippen LogP contribution in [0.15, 0.2) is 6.33 Å². The number of aromatic nitrogens is 3. The number of esters is 4. The second kappa shape index (κ2) is 9.26. The van der Waals surface area contributed by atoms with Crippen molar-refractivity contribution in [2.45, 2.75) is 52.2 Å². The first-order chi connectivity index (χ1) is 14.8. The molecular formula is C16H21N3O9. The molecule has 2 rings (SSSR count). The molecule has 4 atom stereocenters. The molecule has 0 bridgehead atoms. The van der Waals surface area contributed by atoms with Gasteiger partial charge in [-0.3, -0.25) is 14.4 Å². The third-order valence-corrected chi connectivity index (χ3v) is 3.46. The van der Waals surface area contributed by atoms with E-state index in [0.29, 0.717) is 0 Å². The van der Waals surface area contributed by atoms with Gasteiger partial charge in [-0.1, -0.05) is 0 Å². The molecule has 0 saturated carbocycles. The average Bonchev–Trinajstić information content (AvgIpc) is 3.37. The van der Waals surface area contributed by atoms with E-state index in [1.54, 1.807) is 6.92 Å². The molecule has 1 aromatic heterocycles. The van der Waals surface area contributed by atoms with E-state index in [-0.39, 0.29) is 12.4 Å². The molecule has 1 aromatic rings. The highest BCUT2D eigenvalue weighted by Gasteiger charge is 2.51. The molecule has 0 aromatic carbocycles. The van der Waals surface area contributed by atoms with E-state index in [0.717, 1.165) is 11.0 Å². The number of carbonyl (C=O) groups excluding carboxylic acids is 4. The zero-order valence-corrected chi connectivity index (χ0v) is 14.9. The van der Waals surface area contributed by atoms with Gasteiger partial charge in [0.15, 0.2) is 18.4 Å². The molecular weight excluding hydrogens is 378 g/mol. The number of hydrogen-bond acceptors (Lipinski definition) is 11. The summed E-state index contributed by atoms with van der Waals surface area (Å²) in [7, 11) is 0. The van der Waals surface area contributed by atoms with E-state index in [9.17, 15) is 19.2 Å². The van der Waals surface area contributed by atoms with Gasteiger partial charge >= 0.3 is 23.9 Å². The van der Waals surface area contributed by atoms with E-state index in [4.69, 9.17) is 27.8 Å². The Hall–Kier alpha value is -3.02. The van der Waals surface area contributed by atoms with Crippen LogP contribution < -0.4 is 0 Å². The lowest BCUT2D eigenvalue weighted by Gasteiger charge is -2.23. The number of ether oxygens (including phenoxy) is 5. The van der Waals surface area contributed by atoms with Crippen molar-refractivity contribution in [3.05, 3.63) is 12.2 Å². The van der Waals surface area contributed by atoms with E-state index in [2.05, 4.69) is 10.1 Å². The Kier molecular flexibility index (Phi) is 5.66. The van der Waals surface area contributed by atoms with Crippen LogP contribution in [0.3, 0.4) is 0 Å². The maximum Gasteiger partial charge on any atom is 0.378 e. The Labute approximate surface area is 164 Å². The highest BCUT2D eigenvalue weighted by atomic mass is 16.7. The van der Waals surface area contributed by atoms with Crippen molar-refractivity contribution in [1.82, 2.24) is 14.8 Å². The Morgan fingerprint density at radius 3 is 2.43 bits per heavy atom. The molecule has 1 saturated heterocycles. The van der Waals surface area contributed by atoms with E-state index in [1.165, 1.54) is 0 Å². The zero-order valence-electron chi connectivity index (χ0n) is 17.9. The minimum Gasteiger partial charge on any atom is -0.463 e. The van der Waals surface area contributed by atoms with Crippen LogP contribution in [0.25, 0.3) is 0 Å². The van der Waals surface area contributed by atoms with Crippen LogP contribution in [-0.2, 0) is 38.1 Å². The summed E-state index contributed by atoms with van der Waals surface area (Å²) >= 11 is 0. The van der Waals surface area contributed by atoms with Gasteiger partial charge in [-0.05, 0) is 6.92 Å². The van der Waals surface area contributed by atoms with E-state index in [1.807, 2.05) is 0 Å². The Morgan fingerprint density at radius 1 is 1.11 bits per heavy atom. The predicted octanol–water partition coefficient (Wildman–Crippen LogP) is -0.221. The lowest BCUT2D eigenvalue weighted by atomic mass is 10.1. The molecule has 154 valence electrons. The second-order valence-corrected chi connectivity index (χ2v) is 5.43. The minimum absolute atomic E-state index is 0.0889. The minimum atomic E-state index is -1.36. The van der Waals surface area contributed by atoms with Crippen LogP contribution in [0.1, 0.15) is 48.6 Å². The number of rotatable bonds is 7. The molecule has 2 heterocycles. The lowest BCUT2D eigenvalue weighted by molar-refractivity contribution is -0.166. The topological polar surface area (TPSA) is 145 Å². The summed E-state index contributed by atoms with van der Waals surface area (Å²) in [6, 6.07) is 0. The normalized spacial score (nSPS) is 25.1. The average molecular weight is 402 g/mol. The summed E-state index contributed by atoms with van der Waals surface area (Å²) in [5, 5.41) is 3.93. The smallest absolute Gasteiger partial charge is 0.378 e. The number of carbonyl (C=O) groups is 4. The van der Waals surface area contributed by atoms with Crippen molar-refractivity contribution in [3.8, 4) is 0 Å². The van der Waals surface area contributed by atoms with Crippen LogP contribution in [0, 0.1) is 0 Å². The first-order valence-corrected chi connectivity index (χ1v) is 8.00. The van der Waals surface area contributed by atoms with Crippen molar-refractivity contribution in [3.63, 3.8) is 0 Å². The molecule has 1 fully saturated rings. The van der Waals surface area contributed by atoms with Crippen LogP contribution in [0.2, 0.25) is 0 Å². The van der Waals surface area contributed by atoms with Crippen molar-refractivity contribution >= 4 is 23.9 Å². The first-order valence-electron chi connectivity index (χ1n) is 10.1. The summed E-state index contributed by atoms with van der Waals surface area (Å²) in [4.78, 5) is 50.5. The molecule has 12 heteroatoms. The highest BCUT2D eigenvalue weighted by molar-refractivity contribution is 5.84. The van der Waals surface area contributed by atoms with Gasteiger partial charge in [0.25, 0.3) is 5.82 Å². The van der Waals surface area contributed by atoms with Gasteiger partial charge < -0.3 is 23.7 Å². The zero-order chi connectivity index (χ0) is 23.0. The molecule has 1 aliphatic heterocycles. The Balaban J connectivity index is 2.34. The van der Waals surface area contributed by atoms with Crippen LogP contribution >= 0.6 is 0 Å². The van der Waals surface area contributed by atoms with Crippen molar-refractivity contribution in [2.24, 2.45) is 0 Å². The fourth-order valence-corrected chi connectivity index (χ4v) is 2.49. The predicted molar refractivity (Wildman–Crippen MR) is 87.6 cm³/mol. The van der Waals surface area contributed by atoms with Gasteiger partial charge in [0, 0.05) is 24.8 Å². The van der Waals surface area contributed by atoms with E-state index >= 15 is 0 Å². The molecule has 0 spiro atoms. The van der Waals surface area contributed by atoms with Crippen molar-refractivity contribution < 1.29 is 47.0 Å². The van der Waals surface area contributed by atoms with Gasteiger partial charge in [-0.15, -0.1) is 5.10 Å². The molecule has 0 amide bonds. The molecule has 0 radical (unpaired) electrons. The van der Waals surface area contributed by atoms with Gasteiger partial charge in [-0.2, -0.15) is 0 Å². The fourth-order valence-electron chi connectivity index (χ4n) is 2.49. The van der Waals surface area contributed by atoms with Gasteiger partial charge in [0.1, 0.15) is 19.0 Å². The summed E-state index contributed by atoms with van der Waals surface area (Å²) in [6.07, 6.45) is -4.01. The number of nitrogens with zero attached hydrogens (tertiary/aromatic N) is 3. The third-order valence-electron chi connectivity index (χ3n) is 3.46. The molecule has 1 unspecified atom stereocenters. The van der Waals surface area contributed by atoms with Crippen molar-refractivity contribution in [2.75, 3.05) is 13.2 Å². The summed E-state index contributed by atoms with van der Waals surface area (Å²) in [5.74, 6) is -3.93. The monoisotopic (exact) mass is 402 g/mol. The van der Waals surface area contributed by atoms with Gasteiger partial charge in [-0.25, -0.2) is 14.5 Å². The quantitative estimate of drug-likeness (QED) is 0.440. The molecule has 0 aliphatic carbocycles. The van der Waals surface area contributed by atoms with Crippen molar-refractivity contribution in [1.29, 1.82) is 0 Å².